The van der Waals surface area contributed by atoms with E-state index >= 15 is 0 Å². The lowest BCUT2D eigenvalue weighted by atomic mass is 9.75. The number of hydrogen-bond donors (Lipinski definition) is 2. The van der Waals surface area contributed by atoms with Gasteiger partial charge in [-0.25, -0.2) is 4.98 Å². The average Bonchev–Trinajstić information content (AvgIpc) is 2.92. The van der Waals surface area contributed by atoms with Crippen LogP contribution in [0.4, 0.5) is 0 Å². The molecule has 20 heavy (non-hydrogen) atoms. The molecule has 2 aromatic rings. The third-order valence-corrected chi connectivity index (χ3v) is 4.75. The molecule has 0 spiro atoms. The fraction of sp³-hybridized carbons (Fsp3) is 0.588. The van der Waals surface area contributed by atoms with Gasteiger partial charge in [-0.1, -0.05) is 26.3 Å². The number of H-pyrrole nitrogens is 1. The number of imidazole rings is 1. The molecule has 2 heterocycles. The third kappa shape index (κ3) is 2.35. The Morgan fingerprint density at radius 3 is 2.70 bits per heavy atom. The van der Waals surface area contributed by atoms with E-state index < -0.39 is 0 Å². The Morgan fingerprint density at radius 2 is 2.00 bits per heavy atom. The second kappa shape index (κ2) is 5.57. The Bertz CT molecular complexity index is 573. The second-order valence-electron chi connectivity index (χ2n) is 6.07. The predicted molar refractivity (Wildman–Crippen MR) is 84.2 cm³/mol. The van der Waals surface area contributed by atoms with Gasteiger partial charge in [0.15, 0.2) is 0 Å². The summed E-state index contributed by atoms with van der Waals surface area (Å²) in [7, 11) is 0. The lowest BCUT2D eigenvalue weighted by Gasteiger charge is -2.35. The number of aromatic amines is 1. The first-order valence-corrected chi connectivity index (χ1v) is 7.97. The highest BCUT2D eigenvalue weighted by Crippen LogP contribution is 2.37. The molecular formula is C17H25N3. The van der Waals surface area contributed by atoms with Crippen molar-refractivity contribution >= 4 is 11.0 Å². The number of fused-ring (bicyclic) bond motifs is 1. The van der Waals surface area contributed by atoms with Gasteiger partial charge in [0, 0.05) is 5.41 Å². The maximum Gasteiger partial charge on any atom is 0.113 e. The van der Waals surface area contributed by atoms with Crippen molar-refractivity contribution in [2.75, 3.05) is 13.1 Å². The SMILES string of the molecule is CCCC1(c2nc3ccc(CC)cc3[nH]2)CCNCC1. The summed E-state index contributed by atoms with van der Waals surface area (Å²) < 4.78 is 0. The molecule has 3 nitrogen and oxygen atoms in total. The van der Waals surface area contributed by atoms with Crippen molar-refractivity contribution in [2.24, 2.45) is 0 Å². The Morgan fingerprint density at radius 1 is 1.20 bits per heavy atom. The average molecular weight is 271 g/mol. The Balaban J connectivity index is 2.02. The molecule has 1 aliphatic heterocycles. The topological polar surface area (TPSA) is 40.7 Å². The van der Waals surface area contributed by atoms with Crippen LogP contribution in [-0.4, -0.2) is 23.1 Å². The molecule has 1 saturated heterocycles. The predicted octanol–water partition coefficient (Wildman–Crippen LogP) is 3.55. The molecule has 0 aliphatic carbocycles. The number of rotatable bonds is 4. The summed E-state index contributed by atoms with van der Waals surface area (Å²) in [6.07, 6.45) is 5.92. The van der Waals surface area contributed by atoms with Crippen LogP contribution in [0, 0.1) is 0 Å². The van der Waals surface area contributed by atoms with Gasteiger partial charge in [-0.15, -0.1) is 0 Å². The van der Waals surface area contributed by atoms with Gasteiger partial charge >= 0.3 is 0 Å². The molecule has 0 radical (unpaired) electrons. The van der Waals surface area contributed by atoms with Gasteiger partial charge < -0.3 is 10.3 Å². The molecule has 2 N–H and O–H groups in total. The van der Waals surface area contributed by atoms with Gasteiger partial charge in [0.1, 0.15) is 5.82 Å². The van der Waals surface area contributed by atoms with Gasteiger partial charge in [0.05, 0.1) is 11.0 Å². The quantitative estimate of drug-likeness (QED) is 0.893. The van der Waals surface area contributed by atoms with E-state index in [9.17, 15) is 0 Å². The van der Waals surface area contributed by atoms with Crippen molar-refractivity contribution in [1.29, 1.82) is 0 Å². The molecule has 0 bridgehead atoms. The minimum absolute atomic E-state index is 0.255. The van der Waals surface area contributed by atoms with E-state index in [0.29, 0.717) is 0 Å². The van der Waals surface area contributed by atoms with E-state index in [2.05, 4.69) is 42.3 Å². The minimum Gasteiger partial charge on any atom is -0.341 e. The smallest absolute Gasteiger partial charge is 0.113 e. The summed E-state index contributed by atoms with van der Waals surface area (Å²) in [4.78, 5) is 8.55. The highest BCUT2D eigenvalue weighted by molar-refractivity contribution is 5.76. The zero-order valence-corrected chi connectivity index (χ0v) is 12.6. The van der Waals surface area contributed by atoms with E-state index in [-0.39, 0.29) is 5.41 Å². The molecule has 0 unspecified atom stereocenters. The van der Waals surface area contributed by atoms with Gasteiger partial charge in [-0.2, -0.15) is 0 Å². The van der Waals surface area contributed by atoms with Crippen LogP contribution >= 0.6 is 0 Å². The van der Waals surface area contributed by atoms with Crippen molar-refractivity contribution < 1.29 is 0 Å². The number of aromatic nitrogens is 2. The molecule has 3 heteroatoms. The summed E-state index contributed by atoms with van der Waals surface area (Å²) in [5.41, 5.74) is 3.95. The zero-order valence-electron chi connectivity index (χ0n) is 12.6. The van der Waals surface area contributed by atoms with Crippen molar-refractivity contribution in [3.8, 4) is 0 Å². The van der Waals surface area contributed by atoms with E-state index in [1.165, 1.54) is 42.6 Å². The van der Waals surface area contributed by atoms with Gasteiger partial charge in [0.25, 0.3) is 0 Å². The fourth-order valence-corrected chi connectivity index (χ4v) is 3.52. The molecule has 108 valence electrons. The van der Waals surface area contributed by atoms with Crippen LogP contribution in [-0.2, 0) is 11.8 Å². The van der Waals surface area contributed by atoms with Crippen LogP contribution in [0.15, 0.2) is 18.2 Å². The molecule has 1 aromatic carbocycles. The van der Waals surface area contributed by atoms with E-state index in [1.54, 1.807) is 0 Å². The first-order valence-electron chi connectivity index (χ1n) is 7.97. The van der Waals surface area contributed by atoms with Crippen LogP contribution < -0.4 is 5.32 Å². The maximum absolute atomic E-state index is 4.92. The molecule has 1 aliphatic rings. The van der Waals surface area contributed by atoms with Crippen molar-refractivity contribution in [1.82, 2.24) is 15.3 Å². The van der Waals surface area contributed by atoms with Crippen LogP contribution in [0.3, 0.4) is 0 Å². The van der Waals surface area contributed by atoms with Crippen LogP contribution in [0.5, 0.6) is 0 Å². The van der Waals surface area contributed by atoms with Crippen LogP contribution in [0.2, 0.25) is 0 Å². The Hall–Kier alpha value is -1.35. The largest absolute Gasteiger partial charge is 0.341 e. The molecular weight excluding hydrogens is 246 g/mol. The normalized spacial score (nSPS) is 18.5. The summed E-state index contributed by atoms with van der Waals surface area (Å²) >= 11 is 0. The van der Waals surface area contributed by atoms with Crippen molar-refractivity contribution in [2.45, 2.75) is 51.4 Å². The number of aryl methyl sites for hydroxylation is 1. The molecule has 1 aromatic heterocycles. The number of nitrogens with one attached hydrogen (secondary N) is 2. The molecule has 0 atom stereocenters. The summed E-state index contributed by atoms with van der Waals surface area (Å²) in [5.74, 6) is 1.21. The zero-order chi connectivity index (χ0) is 14.0. The van der Waals surface area contributed by atoms with Crippen LogP contribution in [0.25, 0.3) is 11.0 Å². The summed E-state index contributed by atoms with van der Waals surface area (Å²) in [6.45, 7) is 6.69. The first-order chi connectivity index (χ1) is 9.77. The molecule has 3 rings (SSSR count). The lowest BCUT2D eigenvalue weighted by Crippen LogP contribution is -2.40. The highest BCUT2D eigenvalue weighted by Gasteiger charge is 2.35. The number of hydrogen-bond acceptors (Lipinski definition) is 2. The lowest BCUT2D eigenvalue weighted by molar-refractivity contribution is 0.273. The third-order valence-electron chi connectivity index (χ3n) is 4.75. The van der Waals surface area contributed by atoms with Crippen LogP contribution in [0.1, 0.15) is 50.9 Å². The monoisotopic (exact) mass is 271 g/mol. The van der Waals surface area contributed by atoms with Gasteiger partial charge in [0.2, 0.25) is 0 Å². The number of benzene rings is 1. The maximum atomic E-state index is 4.92. The summed E-state index contributed by atoms with van der Waals surface area (Å²) in [5, 5.41) is 3.48. The van der Waals surface area contributed by atoms with Crippen molar-refractivity contribution in [3.05, 3.63) is 29.6 Å². The number of nitrogens with zero attached hydrogens (tertiary/aromatic N) is 1. The minimum atomic E-state index is 0.255. The second-order valence-corrected chi connectivity index (χ2v) is 6.07. The highest BCUT2D eigenvalue weighted by atomic mass is 15.0. The first kappa shape index (κ1) is 13.6. The Labute approximate surface area is 121 Å². The molecule has 0 saturated carbocycles. The van der Waals surface area contributed by atoms with Gasteiger partial charge in [-0.3, -0.25) is 0 Å². The van der Waals surface area contributed by atoms with E-state index in [0.717, 1.165) is 25.0 Å². The fourth-order valence-electron chi connectivity index (χ4n) is 3.52. The Kier molecular flexibility index (Phi) is 3.79. The van der Waals surface area contributed by atoms with E-state index in [4.69, 9.17) is 4.98 Å². The molecule has 1 fully saturated rings. The molecule has 0 amide bonds. The number of piperidine rings is 1. The van der Waals surface area contributed by atoms with E-state index in [1.807, 2.05) is 0 Å². The standard InChI is InChI=1S/C17H25N3/c1-3-7-17(8-10-18-11-9-17)16-19-14-6-5-13(4-2)12-15(14)20-16/h5-6,12,18H,3-4,7-11H2,1-2H3,(H,19,20). The van der Waals surface area contributed by atoms with Gasteiger partial charge in [-0.05, 0) is 56.5 Å². The summed E-state index contributed by atoms with van der Waals surface area (Å²) in [6, 6.07) is 6.61. The van der Waals surface area contributed by atoms with Crippen molar-refractivity contribution in [3.63, 3.8) is 0 Å².